The Morgan fingerprint density at radius 2 is 1.28 bits per heavy atom. The molecule has 0 N–H and O–H groups in total. The highest BCUT2D eigenvalue weighted by atomic mass is 32.1. The molecule has 0 saturated heterocycles. The van der Waals surface area contributed by atoms with Crippen molar-refractivity contribution in [3.05, 3.63) is 46.3 Å². The van der Waals surface area contributed by atoms with Gasteiger partial charge in [-0.15, -0.1) is 0 Å². The third-order valence-electron chi connectivity index (χ3n) is 4.59. The van der Waals surface area contributed by atoms with Crippen LogP contribution in [-0.2, 0) is 0 Å². The molecule has 0 aliphatic carbocycles. The number of nitrogens with zero attached hydrogens (tertiary/aromatic N) is 7. The number of rotatable bonds is 0. The van der Waals surface area contributed by atoms with E-state index in [1.54, 1.807) is 24.3 Å². The molecule has 4 rings (SSSR count). The predicted octanol–water partition coefficient (Wildman–Crippen LogP) is 2.27. The first-order valence-corrected chi connectivity index (χ1v) is 8.82. The lowest BCUT2D eigenvalue weighted by molar-refractivity contribution is 1.49. The number of hydrogen-bond donors (Lipinski definition) is 0. The molecule has 0 fully saturated rings. The average Bonchev–Trinajstić information content (AvgIpc) is 3.25. The Hall–Kier alpha value is -4.81. The Labute approximate surface area is 167 Å². The lowest BCUT2D eigenvalue weighted by Gasteiger charge is -2.09. The Kier molecular flexibility index (Phi) is 4.08. The lowest BCUT2D eigenvalue weighted by Crippen LogP contribution is -2.19. The van der Waals surface area contributed by atoms with Crippen molar-refractivity contribution >= 4 is 55.5 Å². The first-order chi connectivity index (χ1) is 14.2. The van der Waals surface area contributed by atoms with Gasteiger partial charge in [0.1, 0.15) is 52.5 Å². The summed E-state index contributed by atoms with van der Waals surface area (Å²) in [4.78, 5) is 0. The molecule has 29 heavy (non-hydrogen) atoms. The zero-order valence-corrected chi connectivity index (χ0v) is 15.2. The summed E-state index contributed by atoms with van der Waals surface area (Å²) in [6, 6.07) is 18.2. The van der Waals surface area contributed by atoms with E-state index in [1.165, 1.54) is 6.07 Å². The van der Waals surface area contributed by atoms with E-state index in [4.69, 9.17) is 0 Å². The van der Waals surface area contributed by atoms with Gasteiger partial charge in [0, 0.05) is 15.8 Å². The van der Waals surface area contributed by atoms with E-state index in [9.17, 15) is 26.3 Å². The van der Waals surface area contributed by atoms with Gasteiger partial charge in [-0.05, 0) is 22.2 Å². The summed E-state index contributed by atoms with van der Waals surface area (Å²) in [5.74, 6) is 0. The first kappa shape index (κ1) is 17.6. The number of benzene rings is 3. The molecule has 8 heteroatoms. The van der Waals surface area contributed by atoms with E-state index in [-0.39, 0.29) is 16.7 Å². The zero-order valence-electron chi connectivity index (χ0n) is 14.4. The molecule has 0 aliphatic heterocycles. The summed E-state index contributed by atoms with van der Waals surface area (Å²) in [5, 5.41) is 50.4. The predicted molar refractivity (Wildman–Crippen MR) is 106 cm³/mol. The second-order valence-electron chi connectivity index (χ2n) is 5.91. The summed E-state index contributed by atoms with van der Waals surface area (Å²) in [6.07, 6.45) is 0. The van der Waals surface area contributed by atoms with Crippen LogP contribution < -0.4 is 10.4 Å². The summed E-state index contributed by atoms with van der Waals surface area (Å²) >= 11 is 0.901. The fraction of sp³-hybridized carbons (Fsp3) is 0. The van der Waals surface area contributed by atoms with Crippen LogP contribution in [0.5, 0.6) is 0 Å². The van der Waals surface area contributed by atoms with Crippen LogP contribution in [0.2, 0.25) is 0 Å². The third-order valence-corrected chi connectivity index (χ3v) is 5.12. The van der Waals surface area contributed by atoms with Gasteiger partial charge in [0.05, 0.1) is 17.3 Å². The average molecular weight is 387 g/mol. The molecule has 0 atom stereocenters. The van der Waals surface area contributed by atoms with Gasteiger partial charge in [-0.3, -0.25) is 0 Å². The first-order valence-electron chi connectivity index (χ1n) is 8.09. The maximum atomic E-state index is 9.59. The normalized spacial score (nSPS) is 9.90. The number of fused-ring (bicyclic) bond motifs is 4. The molecule has 0 saturated carbocycles. The van der Waals surface area contributed by atoms with Gasteiger partial charge in [0.25, 0.3) is 0 Å². The van der Waals surface area contributed by atoms with Gasteiger partial charge in [-0.2, -0.15) is 35.1 Å². The molecule has 4 aromatic rings. The van der Waals surface area contributed by atoms with Crippen LogP contribution in [-0.4, -0.2) is 8.75 Å². The van der Waals surface area contributed by atoms with Crippen molar-refractivity contribution < 1.29 is 0 Å². The molecule has 130 valence electrons. The highest BCUT2D eigenvalue weighted by Crippen LogP contribution is 2.26. The summed E-state index contributed by atoms with van der Waals surface area (Å²) in [5.41, 5.74) is 0.656. The maximum absolute atomic E-state index is 9.59. The van der Waals surface area contributed by atoms with E-state index in [0.29, 0.717) is 43.0 Å². The van der Waals surface area contributed by atoms with Crippen LogP contribution in [0.1, 0.15) is 5.56 Å². The highest BCUT2D eigenvalue weighted by molar-refractivity contribution is 7.00. The van der Waals surface area contributed by atoms with Crippen molar-refractivity contribution in [1.29, 1.82) is 26.3 Å². The lowest BCUT2D eigenvalue weighted by atomic mass is 9.92. The van der Waals surface area contributed by atoms with E-state index in [2.05, 4.69) is 14.8 Å². The molecule has 0 bridgehead atoms. The Morgan fingerprint density at radius 3 is 1.86 bits per heavy atom. The monoisotopic (exact) mass is 387 g/mol. The van der Waals surface area contributed by atoms with Crippen molar-refractivity contribution in [3.8, 4) is 30.3 Å². The van der Waals surface area contributed by atoms with Crippen molar-refractivity contribution in [1.82, 2.24) is 8.75 Å². The second kappa shape index (κ2) is 6.73. The van der Waals surface area contributed by atoms with E-state index >= 15 is 0 Å². The summed E-state index contributed by atoms with van der Waals surface area (Å²) in [6.45, 7) is 0. The highest BCUT2D eigenvalue weighted by Gasteiger charge is 2.18. The van der Waals surface area contributed by atoms with Crippen LogP contribution >= 0.6 is 11.7 Å². The minimum absolute atomic E-state index is 0.132. The molecule has 1 heterocycles. The van der Waals surface area contributed by atoms with Crippen LogP contribution in [0.15, 0.2) is 30.3 Å². The van der Waals surface area contributed by atoms with Crippen LogP contribution in [0.4, 0.5) is 0 Å². The van der Waals surface area contributed by atoms with Gasteiger partial charge < -0.3 is 0 Å². The molecule has 0 amide bonds. The summed E-state index contributed by atoms with van der Waals surface area (Å²) in [7, 11) is 0. The largest absolute Gasteiger partial charge is 0.192 e. The molecule has 7 nitrogen and oxygen atoms in total. The molecular formula is C21H5N7S. The number of nitriles is 5. The standard InChI is InChI=1S/C21H5N7S/c22-6-11-5-16-17(12(7-23)8-24)14-3-1-2-4-15(14)18(13(9-25)10-26)19(16)21-20(11)27-29-28-21/h1-5H. The molecule has 0 aliphatic rings. The summed E-state index contributed by atoms with van der Waals surface area (Å²) < 4.78 is 8.48. The minimum Gasteiger partial charge on any atom is -0.192 e. The fourth-order valence-corrected chi connectivity index (χ4v) is 4.05. The SMILES string of the molecule is N#CC(C#N)=c1c2ccccc2c(=C(C#N)C#N)c2c1cc(C#N)c1nsnc12. The number of aromatic nitrogens is 2. The topological polar surface area (TPSA) is 145 Å². The van der Waals surface area contributed by atoms with Gasteiger partial charge in [0.2, 0.25) is 0 Å². The Morgan fingerprint density at radius 1 is 0.724 bits per heavy atom. The van der Waals surface area contributed by atoms with Crippen LogP contribution in [0.3, 0.4) is 0 Å². The molecular weight excluding hydrogens is 382 g/mol. The smallest absolute Gasteiger partial charge is 0.138 e. The second-order valence-corrected chi connectivity index (χ2v) is 6.44. The van der Waals surface area contributed by atoms with E-state index in [1.807, 2.05) is 24.3 Å². The van der Waals surface area contributed by atoms with Crippen LogP contribution in [0, 0.1) is 56.7 Å². The Balaban J connectivity index is 2.66. The molecule has 0 unspecified atom stereocenters. The van der Waals surface area contributed by atoms with Gasteiger partial charge in [0.15, 0.2) is 0 Å². The quantitative estimate of drug-likeness (QED) is 0.421. The van der Waals surface area contributed by atoms with Crippen molar-refractivity contribution in [2.75, 3.05) is 0 Å². The van der Waals surface area contributed by atoms with Gasteiger partial charge >= 0.3 is 0 Å². The third kappa shape index (κ3) is 2.38. The number of hydrogen-bond acceptors (Lipinski definition) is 8. The molecule has 3 aromatic carbocycles. The zero-order chi connectivity index (χ0) is 20.5. The minimum atomic E-state index is -0.139. The Bertz CT molecular complexity index is 1680. The fourth-order valence-electron chi connectivity index (χ4n) is 3.48. The molecule has 1 aromatic heterocycles. The van der Waals surface area contributed by atoms with Crippen molar-refractivity contribution in [2.45, 2.75) is 0 Å². The molecule has 0 spiro atoms. The van der Waals surface area contributed by atoms with Gasteiger partial charge in [-0.1, -0.05) is 24.3 Å². The van der Waals surface area contributed by atoms with E-state index in [0.717, 1.165) is 11.7 Å². The van der Waals surface area contributed by atoms with Crippen molar-refractivity contribution in [3.63, 3.8) is 0 Å². The van der Waals surface area contributed by atoms with Crippen molar-refractivity contribution in [2.24, 2.45) is 0 Å². The maximum Gasteiger partial charge on any atom is 0.138 e. The van der Waals surface area contributed by atoms with Crippen LogP contribution in [0.25, 0.3) is 43.7 Å². The van der Waals surface area contributed by atoms with Gasteiger partial charge in [-0.25, -0.2) is 0 Å². The molecule has 0 radical (unpaired) electrons. The van der Waals surface area contributed by atoms with E-state index < -0.39 is 0 Å².